The monoisotopic (exact) mass is 225 g/mol. The van der Waals surface area contributed by atoms with Crippen LogP contribution in [0.3, 0.4) is 0 Å². The van der Waals surface area contributed by atoms with Crippen LogP contribution in [0.25, 0.3) is 11.0 Å². The van der Waals surface area contributed by atoms with Gasteiger partial charge in [0.1, 0.15) is 17.1 Å². The van der Waals surface area contributed by atoms with Crippen LogP contribution in [-0.2, 0) is 0 Å². The summed E-state index contributed by atoms with van der Waals surface area (Å²) in [5.74, 6) is 1.07. The van der Waals surface area contributed by atoms with E-state index in [1.807, 2.05) is 0 Å². The lowest BCUT2D eigenvalue weighted by atomic mass is 10.2. The standard InChI is InChI=1S/C10H11NO5/c1-13-6-4-7(14-2)9-8(5-6)16-11(12)10(9)15-3/h4-5H,1-3H3. The van der Waals surface area contributed by atoms with Crippen LogP contribution >= 0.6 is 0 Å². The van der Waals surface area contributed by atoms with Crippen molar-refractivity contribution in [2.45, 2.75) is 0 Å². The van der Waals surface area contributed by atoms with Gasteiger partial charge >= 0.3 is 5.88 Å². The molecule has 86 valence electrons. The van der Waals surface area contributed by atoms with E-state index in [1.165, 1.54) is 21.3 Å². The fraction of sp³-hybridized carbons (Fsp3) is 0.300. The van der Waals surface area contributed by atoms with Gasteiger partial charge in [-0.3, -0.25) is 5.21 Å². The van der Waals surface area contributed by atoms with E-state index in [-0.39, 0.29) is 5.88 Å². The smallest absolute Gasteiger partial charge is 0.439 e. The normalized spacial score (nSPS) is 10.4. The van der Waals surface area contributed by atoms with E-state index in [0.29, 0.717) is 27.4 Å². The molecule has 0 aliphatic heterocycles. The highest BCUT2D eigenvalue weighted by atomic mass is 16.7. The Morgan fingerprint density at radius 1 is 1.12 bits per heavy atom. The van der Waals surface area contributed by atoms with E-state index < -0.39 is 0 Å². The van der Waals surface area contributed by atoms with Gasteiger partial charge in [0, 0.05) is 12.1 Å². The predicted octanol–water partition coefficient (Wildman–Crippen LogP) is 1.09. The minimum atomic E-state index is 0.0644. The molecule has 0 saturated carbocycles. The average Bonchev–Trinajstić information content (AvgIpc) is 2.62. The van der Waals surface area contributed by atoms with Gasteiger partial charge in [-0.15, -0.1) is 0 Å². The quantitative estimate of drug-likeness (QED) is 0.731. The van der Waals surface area contributed by atoms with Crippen molar-refractivity contribution < 1.29 is 23.6 Å². The first kappa shape index (κ1) is 10.4. The van der Waals surface area contributed by atoms with Gasteiger partial charge in [0.2, 0.25) is 0 Å². The first-order valence-electron chi connectivity index (χ1n) is 4.53. The molecule has 1 aromatic heterocycles. The molecule has 0 radical (unpaired) electrons. The van der Waals surface area contributed by atoms with Gasteiger partial charge in [-0.05, 0) is 0 Å². The number of methoxy groups -OCH3 is 3. The van der Waals surface area contributed by atoms with Crippen LogP contribution in [-0.4, -0.2) is 21.3 Å². The first-order chi connectivity index (χ1) is 7.71. The maximum atomic E-state index is 11.4. The summed E-state index contributed by atoms with van der Waals surface area (Å²) in [5, 5.41) is 11.9. The Labute approximate surface area is 91.5 Å². The van der Waals surface area contributed by atoms with Gasteiger partial charge in [0.25, 0.3) is 0 Å². The van der Waals surface area contributed by atoms with Crippen molar-refractivity contribution in [1.82, 2.24) is 0 Å². The van der Waals surface area contributed by atoms with Gasteiger partial charge in [0.15, 0.2) is 5.39 Å². The lowest BCUT2D eigenvalue weighted by molar-refractivity contribution is -0.791. The molecule has 0 unspecified atom stereocenters. The van der Waals surface area contributed by atoms with Crippen LogP contribution in [0.15, 0.2) is 16.7 Å². The summed E-state index contributed by atoms with van der Waals surface area (Å²) < 4.78 is 20.1. The number of fused-ring (bicyclic) bond motifs is 1. The minimum absolute atomic E-state index is 0.0644. The molecule has 0 atom stereocenters. The van der Waals surface area contributed by atoms with Crippen molar-refractivity contribution in [2.24, 2.45) is 0 Å². The van der Waals surface area contributed by atoms with Crippen LogP contribution < -0.4 is 19.1 Å². The Balaban J connectivity index is 2.79. The number of aromatic nitrogens is 1. The molecule has 0 aliphatic rings. The molecule has 6 nitrogen and oxygen atoms in total. The van der Waals surface area contributed by atoms with E-state index in [2.05, 4.69) is 0 Å². The molecular weight excluding hydrogens is 214 g/mol. The van der Waals surface area contributed by atoms with E-state index >= 15 is 0 Å². The lowest BCUT2D eigenvalue weighted by Crippen LogP contribution is -2.24. The molecule has 0 spiro atoms. The van der Waals surface area contributed by atoms with Gasteiger partial charge in [-0.2, -0.15) is 0 Å². The maximum Gasteiger partial charge on any atom is 0.439 e. The third-order valence-electron chi connectivity index (χ3n) is 2.25. The Hall–Kier alpha value is -2.11. The summed E-state index contributed by atoms with van der Waals surface area (Å²) in [5.41, 5.74) is 0.350. The van der Waals surface area contributed by atoms with Crippen molar-refractivity contribution in [3.63, 3.8) is 0 Å². The number of ether oxygens (including phenoxy) is 3. The number of hydrogen-bond donors (Lipinski definition) is 0. The maximum absolute atomic E-state index is 11.4. The van der Waals surface area contributed by atoms with Crippen LogP contribution in [0.4, 0.5) is 0 Å². The molecule has 0 fully saturated rings. The highest BCUT2D eigenvalue weighted by Gasteiger charge is 2.22. The van der Waals surface area contributed by atoms with Crippen LogP contribution in [0, 0.1) is 5.21 Å². The fourth-order valence-electron chi connectivity index (χ4n) is 1.53. The number of benzene rings is 1. The van der Waals surface area contributed by atoms with Gasteiger partial charge in [0.05, 0.1) is 26.2 Å². The summed E-state index contributed by atoms with van der Waals surface area (Å²) >= 11 is 0. The van der Waals surface area contributed by atoms with E-state index in [1.54, 1.807) is 12.1 Å². The Morgan fingerprint density at radius 2 is 1.88 bits per heavy atom. The highest BCUT2D eigenvalue weighted by molar-refractivity contribution is 5.88. The van der Waals surface area contributed by atoms with Crippen molar-refractivity contribution in [1.29, 1.82) is 0 Å². The van der Waals surface area contributed by atoms with Gasteiger partial charge < -0.3 is 18.7 Å². The zero-order chi connectivity index (χ0) is 11.7. The third-order valence-corrected chi connectivity index (χ3v) is 2.25. The predicted molar refractivity (Wildman–Crippen MR) is 54.8 cm³/mol. The molecule has 2 aromatic rings. The zero-order valence-corrected chi connectivity index (χ0v) is 9.14. The zero-order valence-electron chi connectivity index (χ0n) is 9.14. The van der Waals surface area contributed by atoms with Crippen molar-refractivity contribution in [2.75, 3.05) is 21.3 Å². The Bertz CT molecular complexity index is 519. The van der Waals surface area contributed by atoms with Crippen molar-refractivity contribution >= 4 is 11.0 Å². The molecule has 0 saturated heterocycles. The topological polar surface area (TPSA) is 67.8 Å². The molecule has 6 heteroatoms. The molecule has 2 rings (SSSR count). The van der Waals surface area contributed by atoms with Crippen LogP contribution in [0.2, 0.25) is 0 Å². The van der Waals surface area contributed by atoms with Crippen LogP contribution in [0.5, 0.6) is 17.4 Å². The molecular formula is C10H11NO5. The molecule has 16 heavy (non-hydrogen) atoms. The average molecular weight is 225 g/mol. The highest BCUT2D eigenvalue weighted by Crippen LogP contribution is 2.35. The summed E-state index contributed by atoms with van der Waals surface area (Å²) in [6.45, 7) is 0. The molecule has 0 N–H and O–H groups in total. The summed E-state index contributed by atoms with van der Waals surface area (Å²) in [4.78, 5) is 0.298. The van der Waals surface area contributed by atoms with E-state index in [4.69, 9.17) is 18.7 Å². The SMILES string of the molecule is COc1cc(OC)c2c(OC)[n+]([O-])oc2c1. The van der Waals surface area contributed by atoms with Gasteiger partial charge in [-0.1, -0.05) is 0 Å². The second-order valence-corrected chi connectivity index (χ2v) is 3.06. The molecule has 1 heterocycles. The Kier molecular flexibility index (Phi) is 2.47. The van der Waals surface area contributed by atoms with Crippen LogP contribution in [0.1, 0.15) is 0 Å². The summed E-state index contributed by atoms with van der Waals surface area (Å²) in [6, 6.07) is 3.25. The summed E-state index contributed by atoms with van der Waals surface area (Å²) in [6.07, 6.45) is 0. The molecule has 0 bridgehead atoms. The first-order valence-corrected chi connectivity index (χ1v) is 4.53. The van der Waals surface area contributed by atoms with Gasteiger partial charge in [-0.25, -0.2) is 0 Å². The molecule has 1 aromatic carbocycles. The van der Waals surface area contributed by atoms with Crippen molar-refractivity contribution in [3.8, 4) is 17.4 Å². The Morgan fingerprint density at radius 3 is 2.44 bits per heavy atom. The minimum Gasteiger partial charge on any atom is -0.497 e. The molecule has 0 aliphatic carbocycles. The van der Waals surface area contributed by atoms with Crippen molar-refractivity contribution in [3.05, 3.63) is 17.3 Å². The largest absolute Gasteiger partial charge is 0.497 e. The lowest BCUT2D eigenvalue weighted by Gasteiger charge is -2.04. The summed E-state index contributed by atoms with van der Waals surface area (Å²) in [7, 11) is 4.41. The number of hydrogen-bond acceptors (Lipinski definition) is 5. The number of rotatable bonds is 3. The van der Waals surface area contributed by atoms with E-state index in [0.717, 1.165) is 0 Å². The molecule has 0 amide bonds. The fourth-order valence-corrected chi connectivity index (χ4v) is 1.53. The van der Waals surface area contributed by atoms with E-state index in [9.17, 15) is 5.21 Å². The second kappa shape index (κ2) is 3.80. The third kappa shape index (κ3) is 1.39. The second-order valence-electron chi connectivity index (χ2n) is 3.06. The number of nitrogens with zero attached hydrogens (tertiary/aromatic N) is 1.